The first-order valence-electron chi connectivity index (χ1n) is 5.85. The molecule has 0 spiro atoms. The topological polar surface area (TPSA) is 68.2 Å². The van der Waals surface area contributed by atoms with Crippen LogP contribution in [0.4, 0.5) is 0 Å². The van der Waals surface area contributed by atoms with E-state index in [9.17, 15) is 4.55 Å². The van der Waals surface area contributed by atoms with Crippen molar-refractivity contribution in [3.05, 3.63) is 28.0 Å². The minimum absolute atomic E-state index is 0.0537. The Bertz CT molecular complexity index is 427. The van der Waals surface area contributed by atoms with Gasteiger partial charge in [-0.25, -0.2) is 4.98 Å². The highest BCUT2D eigenvalue weighted by atomic mass is 35.5. The van der Waals surface area contributed by atoms with Crippen molar-refractivity contribution in [2.45, 2.75) is 38.0 Å². The van der Waals surface area contributed by atoms with Crippen molar-refractivity contribution in [1.82, 2.24) is 9.71 Å². The third-order valence-electron chi connectivity index (χ3n) is 2.43. The molecule has 1 aromatic heterocycles. The Kier molecular flexibility index (Phi) is 6.36. The van der Waals surface area contributed by atoms with Crippen LogP contribution in [0.5, 0.6) is 0 Å². The van der Waals surface area contributed by atoms with E-state index in [0.717, 1.165) is 0 Å². The van der Waals surface area contributed by atoms with E-state index in [0.29, 0.717) is 22.2 Å². The average molecular weight is 325 g/mol. The molecule has 2 N–H and O–H groups in total. The van der Waals surface area contributed by atoms with Gasteiger partial charge < -0.3 is 9.66 Å². The predicted molar refractivity (Wildman–Crippen MR) is 79.7 cm³/mol. The summed E-state index contributed by atoms with van der Waals surface area (Å²) in [4.78, 5) is 3.96. The van der Waals surface area contributed by atoms with E-state index in [4.69, 9.17) is 28.3 Å². The van der Waals surface area contributed by atoms with Crippen LogP contribution in [0.15, 0.2) is 12.3 Å². The number of aliphatic hydroxyl groups excluding tert-OH is 1. The quantitative estimate of drug-likeness (QED) is 0.645. The number of hydrogen-bond donors (Lipinski definition) is 2. The molecule has 0 radical (unpaired) electrons. The number of rotatable bonds is 5. The van der Waals surface area contributed by atoms with E-state index in [-0.39, 0.29) is 12.6 Å². The molecule has 7 heteroatoms. The first-order valence-corrected chi connectivity index (χ1v) is 7.76. The summed E-state index contributed by atoms with van der Waals surface area (Å²) in [5.74, 6) is 0. The molecule has 0 aliphatic rings. The highest BCUT2D eigenvalue weighted by molar-refractivity contribution is 7.90. The number of halogens is 2. The number of hydrogen-bond acceptors (Lipinski definition) is 4. The van der Waals surface area contributed by atoms with Crippen molar-refractivity contribution in [2.24, 2.45) is 0 Å². The number of pyridine rings is 1. The normalized spacial score (nSPS) is 15.3. The predicted octanol–water partition coefficient (Wildman–Crippen LogP) is 2.86. The summed E-state index contributed by atoms with van der Waals surface area (Å²) < 4.78 is 14.7. The molecule has 1 rings (SSSR count). The van der Waals surface area contributed by atoms with Gasteiger partial charge in [0, 0.05) is 29.7 Å². The molecule has 0 aromatic carbocycles. The third kappa shape index (κ3) is 5.10. The van der Waals surface area contributed by atoms with Crippen molar-refractivity contribution in [3.63, 3.8) is 0 Å². The summed E-state index contributed by atoms with van der Waals surface area (Å²) in [7, 11) is 0. The standard InChI is InChI=1S/C12H18Cl2N2O2S/c1-12(2,3)19(18)16-10(4-5-17)9-6-8(13)7-15-11(9)14/h6-7,10,16-17H,4-5H2,1-3H3/t10?,19-/m0/s1. The zero-order chi connectivity index (χ0) is 14.6. The second kappa shape index (κ2) is 7.11. The van der Waals surface area contributed by atoms with Gasteiger partial charge in [0.15, 0.2) is 0 Å². The molecule has 0 aliphatic heterocycles. The van der Waals surface area contributed by atoms with Gasteiger partial charge in [-0.15, -0.1) is 4.72 Å². The molecular formula is C12H18Cl2N2O2S. The lowest BCUT2D eigenvalue weighted by Gasteiger charge is -2.28. The van der Waals surface area contributed by atoms with Crippen LogP contribution in [0.1, 0.15) is 38.8 Å². The largest absolute Gasteiger partial charge is 0.598 e. The van der Waals surface area contributed by atoms with Crippen LogP contribution in [-0.2, 0) is 11.4 Å². The van der Waals surface area contributed by atoms with Crippen molar-refractivity contribution in [2.75, 3.05) is 6.61 Å². The second-order valence-corrected chi connectivity index (χ2v) is 7.89. The van der Waals surface area contributed by atoms with Gasteiger partial charge in [0.25, 0.3) is 0 Å². The summed E-state index contributed by atoms with van der Waals surface area (Å²) in [5.41, 5.74) is 0.640. The maximum Gasteiger partial charge on any atom is 0.136 e. The molecule has 4 nitrogen and oxygen atoms in total. The van der Waals surface area contributed by atoms with Crippen molar-refractivity contribution in [3.8, 4) is 0 Å². The average Bonchev–Trinajstić information content (AvgIpc) is 2.30. The molecule has 108 valence electrons. The smallest absolute Gasteiger partial charge is 0.136 e. The van der Waals surface area contributed by atoms with Crippen LogP contribution in [0.25, 0.3) is 0 Å². The van der Waals surface area contributed by atoms with Gasteiger partial charge in [0.2, 0.25) is 0 Å². The maximum absolute atomic E-state index is 12.1. The first kappa shape index (κ1) is 17.0. The fourth-order valence-electron chi connectivity index (χ4n) is 1.40. The van der Waals surface area contributed by atoms with Crippen molar-refractivity contribution >= 4 is 34.6 Å². The van der Waals surface area contributed by atoms with E-state index < -0.39 is 16.1 Å². The Morgan fingerprint density at radius 1 is 1.47 bits per heavy atom. The minimum atomic E-state index is -1.27. The number of nitrogens with one attached hydrogen (secondary N) is 1. The van der Waals surface area contributed by atoms with Gasteiger partial charge in [-0.1, -0.05) is 23.2 Å². The minimum Gasteiger partial charge on any atom is -0.598 e. The zero-order valence-corrected chi connectivity index (χ0v) is 13.4. The van der Waals surface area contributed by atoms with Crippen LogP contribution < -0.4 is 4.72 Å². The lowest BCUT2D eigenvalue weighted by Crippen LogP contribution is -2.41. The molecule has 1 aromatic rings. The molecule has 19 heavy (non-hydrogen) atoms. The lowest BCUT2D eigenvalue weighted by atomic mass is 10.1. The zero-order valence-electron chi connectivity index (χ0n) is 11.1. The molecule has 0 amide bonds. The maximum atomic E-state index is 12.1. The van der Waals surface area contributed by atoms with Gasteiger partial charge >= 0.3 is 0 Å². The molecule has 1 unspecified atom stereocenters. The molecule has 0 aliphatic carbocycles. The highest BCUT2D eigenvalue weighted by Gasteiger charge is 2.30. The van der Waals surface area contributed by atoms with Crippen molar-refractivity contribution < 1.29 is 9.66 Å². The molecule has 1 heterocycles. The highest BCUT2D eigenvalue weighted by Crippen LogP contribution is 2.28. The lowest BCUT2D eigenvalue weighted by molar-refractivity contribution is 0.272. The van der Waals surface area contributed by atoms with Crippen LogP contribution in [0, 0.1) is 0 Å². The van der Waals surface area contributed by atoms with Crippen LogP contribution >= 0.6 is 23.2 Å². The summed E-state index contributed by atoms with van der Waals surface area (Å²) in [6, 6.07) is 1.31. The van der Waals surface area contributed by atoms with E-state index >= 15 is 0 Å². The SMILES string of the molecule is CC(C)(C)[S@+]([O-])NC(CCO)c1cc(Cl)cnc1Cl. The Hall–Kier alpha value is -0.0400. The van der Waals surface area contributed by atoms with Crippen LogP contribution in [0.2, 0.25) is 10.2 Å². The molecule has 2 atom stereocenters. The van der Waals surface area contributed by atoms with Gasteiger partial charge in [0.1, 0.15) is 9.90 Å². The monoisotopic (exact) mass is 324 g/mol. The van der Waals surface area contributed by atoms with E-state index in [2.05, 4.69) is 9.71 Å². The van der Waals surface area contributed by atoms with Gasteiger partial charge in [-0.05, 0) is 33.3 Å². The van der Waals surface area contributed by atoms with Gasteiger partial charge in [0.05, 0.1) is 11.1 Å². The fraction of sp³-hybridized carbons (Fsp3) is 0.583. The molecule has 0 fully saturated rings. The summed E-state index contributed by atoms with van der Waals surface area (Å²) in [6.07, 6.45) is 1.83. The van der Waals surface area contributed by atoms with E-state index in [1.165, 1.54) is 6.20 Å². The number of aromatic nitrogens is 1. The first-order chi connectivity index (χ1) is 8.75. The second-order valence-electron chi connectivity index (χ2n) is 5.10. The van der Waals surface area contributed by atoms with E-state index in [1.807, 2.05) is 20.8 Å². The summed E-state index contributed by atoms with van der Waals surface area (Å²) in [5, 5.41) is 9.88. The molecule has 0 bridgehead atoms. The third-order valence-corrected chi connectivity index (χ3v) is 4.56. The number of aliphatic hydroxyl groups is 1. The summed E-state index contributed by atoms with van der Waals surface area (Å²) >= 11 is 10.7. The Morgan fingerprint density at radius 3 is 2.63 bits per heavy atom. The Morgan fingerprint density at radius 2 is 2.11 bits per heavy atom. The summed E-state index contributed by atoms with van der Waals surface area (Å²) in [6.45, 7) is 5.54. The Labute approximate surface area is 126 Å². The van der Waals surface area contributed by atoms with Crippen molar-refractivity contribution in [1.29, 1.82) is 0 Å². The Balaban J connectivity index is 2.97. The van der Waals surface area contributed by atoms with Gasteiger partial charge in [-0.3, -0.25) is 0 Å². The van der Waals surface area contributed by atoms with Gasteiger partial charge in [-0.2, -0.15) is 0 Å². The van der Waals surface area contributed by atoms with E-state index in [1.54, 1.807) is 6.07 Å². The molecule has 0 saturated heterocycles. The molecular weight excluding hydrogens is 307 g/mol. The van der Waals surface area contributed by atoms with Crippen LogP contribution in [0.3, 0.4) is 0 Å². The fourth-order valence-corrected chi connectivity index (χ4v) is 2.65. The van der Waals surface area contributed by atoms with Crippen LogP contribution in [-0.4, -0.2) is 26.0 Å². The number of nitrogens with zero attached hydrogens (tertiary/aromatic N) is 1. The molecule has 0 saturated carbocycles.